The molecule has 8 nitrogen and oxygen atoms in total. The Balaban J connectivity index is 1.73. The van der Waals surface area contributed by atoms with Gasteiger partial charge in [-0.3, -0.25) is 14.5 Å². The number of aromatic nitrogens is 2. The van der Waals surface area contributed by atoms with E-state index in [9.17, 15) is 19.5 Å². The normalized spacial score (nSPS) is 14.0. The number of anilines is 1. The Morgan fingerprint density at radius 2 is 1.85 bits per heavy atom. The van der Waals surface area contributed by atoms with Crippen LogP contribution in [-0.2, 0) is 17.8 Å². The number of carboxylic acids is 1. The molecule has 0 aliphatic carbocycles. The number of carboxylic acid groups (broad SMARTS) is 1. The number of imidazole rings is 1. The van der Waals surface area contributed by atoms with Crippen molar-refractivity contribution < 1.29 is 19.5 Å². The minimum Gasteiger partial charge on any atom is -0.480 e. The Labute approximate surface area is 198 Å². The third-order valence-corrected chi connectivity index (χ3v) is 6.23. The van der Waals surface area contributed by atoms with E-state index in [4.69, 9.17) is 0 Å². The molecule has 2 heterocycles. The van der Waals surface area contributed by atoms with Crippen LogP contribution in [0.15, 0.2) is 42.5 Å². The number of amides is 2. The van der Waals surface area contributed by atoms with Gasteiger partial charge in [0.25, 0.3) is 11.8 Å². The van der Waals surface area contributed by atoms with E-state index in [2.05, 4.69) is 10.3 Å². The molecule has 1 unspecified atom stereocenters. The van der Waals surface area contributed by atoms with E-state index in [1.54, 1.807) is 13.1 Å². The second-order valence-electron chi connectivity index (χ2n) is 9.19. The number of nitrogens with zero attached hydrogens (tertiary/aromatic N) is 3. The quantitative estimate of drug-likeness (QED) is 0.555. The average molecular weight is 463 g/mol. The van der Waals surface area contributed by atoms with Crippen LogP contribution >= 0.6 is 0 Å². The van der Waals surface area contributed by atoms with Gasteiger partial charge in [-0.05, 0) is 42.0 Å². The number of aryl methyl sites for hydroxylation is 1. The SMILES string of the molecule is CC(C)CC(NC(=O)c1c(N(C)C(=O)c2cccc3ccccc23)nc2n1CCCC2)C(=O)O. The number of benzene rings is 2. The van der Waals surface area contributed by atoms with Gasteiger partial charge in [-0.2, -0.15) is 0 Å². The second-order valence-corrected chi connectivity index (χ2v) is 9.19. The summed E-state index contributed by atoms with van der Waals surface area (Å²) in [6, 6.07) is 12.2. The summed E-state index contributed by atoms with van der Waals surface area (Å²) in [6.07, 6.45) is 2.84. The van der Waals surface area contributed by atoms with Crippen molar-refractivity contribution >= 4 is 34.4 Å². The van der Waals surface area contributed by atoms with Gasteiger partial charge in [0.05, 0.1) is 0 Å². The van der Waals surface area contributed by atoms with Crippen LogP contribution < -0.4 is 10.2 Å². The second kappa shape index (κ2) is 9.67. The van der Waals surface area contributed by atoms with Crippen LogP contribution in [0.4, 0.5) is 5.82 Å². The Kier molecular flexibility index (Phi) is 6.68. The first-order chi connectivity index (χ1) is 16.3. The van der Waals surface area contributed by atoms with Crippen LogP contribution in [-0.4, -0.2) is 45.5 Å². The highest BCUT2D eigenvalue weighted by Gasteiger charge is 2.32. The minimum absolute atomic E-state index is 0.0934. The highest BCUT2D eigenvalue weighted by molar-refractivity contribution is 6.15. The first kappa shape index (κ1) is 23.5. The first-order valence-corrected chi connectivity index (χ1v) is 11.7. The van der Waals surface area contributed by atoms with Crippen molar-refractivity contribution in [3.63, 3.8) is 0 Å². The molecule has 178 valence electrons. The molecule has 2 aromatic carbocycles. The van der Waals surface area contributed by atoms with Gasteiger partial charge < -0.3 is 15.0 Å². The lowest BCUT2D eigenvalue weighted by atomic mass is 10.0. The van der Waals surface area contributed by atoms with Gasteiger partial charge in [-0.25, -0.2) is 9.78 Å². The lowest BCUT2D eigenvalue weighted by Gasteiger charge is -2.21. The number of aliphatic carboxylic acids is 1. The van der Waals surface area contributed by atoms with Crippen molar-refractivity contribution in [1.29, 1.82) is 0 Å². The Morgan fingerprint density at radius 3 is 2.59 bits per heavy atom. The highest BCUT2D eigenvalue weighted by Crippen LogP contribution is 2.28. The van der Waals surface area contributed by atoms with E-state index < -0.39 is 17.9 Å². The molecular weight excluding hydrogens is 432 g/mol. The number of fused-ring (bicyclic) bond motifs is 2. The monoisotopic (exact) mass is 462 g/mol. The van der Waals surface area contributed by atoms with Crippen LogP contribution in [0.2, 0.25) is 0 Å². The van der Waals surface area contributed by atoms with Crippen LogP contribution in [0.3, 0.4) is 0 Å². The van der Waals surface area contributed by atoms with Crippen molar-refractivity contribution in [2.45, 2.75) is 52.1 Å². The molecule has 0 fully saturated rings. The summed E-state index contributed by atoms with van der Waals surface area (Å²) in [5.41, 5.74) is 0.752. The smallest absolute Gasteiger partial charge is 0.326 e. The molecule has 0 radical (unpaired) electrons. The van der Waals surface area contributed by atoms with Gasteiger partial charge >= 0.3 is 5.97 Å². The fraction of sp³-hybridized carbons (Fsp3) is 0.385. The summed E-state index contributed by atoms with van der Waals surface area (Å²) in [7, 11) is 1.61. The van der Waals surface area contributed by atoms with Gasteiger partial charge in [0, 0.05) is 25.6 Å². The fourth-order valence-electron chi connectivity index (χ4n) is 4.54. The van der Waals surface area contributed by atoms with Crippen molar-refractivity contribution in [1.82, 2.24) is 14.9 Å². The average Bonchev–Trinajstić information content (AvgIpc) is 3.21. The molecule has 34 heavy (non-hydrogen) atoms. The maximum atomic E-state index is 13.6. The topological polar surface area (TPSA) is 105 Å². The molecule has 2 amide bonds. The molecule has 1 aliphatic rings. The lowest BCUT2D eigenvalue weighted by molar-refractivity contribution is -0.139. The summed E-state index contributed by atoms with van der Waals surface area (Å²) in [6.45, 7) is 4.42. The molecule has 3 aromatic rings. The molecular formula is C26H30N4O4. The summed E-state index contributed by atoms with van der Waals surface area (Å²) in [5.74, 6) is -0.807. The van der Waals surface area contributed by atoms with E-state index in [1.807, 2.05) is 54.8 Å². The molecule has 0 saturated carbocycles. The Bertz CT molecular complexity index is 1240. The van der Waals surface area contributed by atoms with Crippen LogP contribution in [0.1, 0.15) is 59.8 Å². The van der Waals surface area contributed by atoms with Gasteiger partial charge in [0.1, 0.15) is 11.9 Å². The Morgan fingerprint density at radius 1 is 1.12 bits per heavy atom. The zero-order valence-corrected chi connectivity index (χ0v) is 19.7. The molecule has 0 saturated heterocycles. The Hall–Kier alpha value is -3.68. The summed E-state index contributed by atoms with van der Waals surface area (Å²) in [4.78, 5) is 44.8. The maximum Gasteiger partial charge on any atom is 0.326 e. The third-order valence-electron chi connectivity index (χ3n) is 6.23. The van der Waals surface area contributed by atoms with Gasteiger partial charge in [-0.1, -0.05) is 50.2 Å². The molecule has 1 atom stereocenters. The molecule has 1 aliphatic heterocycles. The first-order valence-electron chi connectivity index (χ1n) is 11.7. The molecule has 0 bridgehead atoms. The number of carbonyl (C=O) groups excluding carboxylic acids is 2. The van der Waals surface area contributed by atoms with E-state index in [-0.39, 0.29) is 23.3 Å². The zero-order valence-electron chi connectivity index (χ0n) is 19.7. The fourth-order valence-corrected chi connectivity index (χ4v) is 4.54. The van der Waals surface area contributed by atoms with E-state index in [0.29, 0.717) is 24.9 Å². The number of carbonyl (C=O) groups is 3. The molecule has 8 heteroatoms. The predicted molar refractivity (Wildman–Crippen MR) is 130 cm³/mol. The van der Waals surface area contributed by atoms with Gasteiger partial charge in [-0.15, -0.1) is 0 Å². The largest absolute Gasteiger partial charge is 0.480 e. The van der Waals surface area contributed by atoms with Crippen LogP contribution in [0.25, 0.3) is 10.8 Å². The van der Waals surface area contributed by atoms with Gasteiger partial charge in [0.2, 0.25) is 0 Å². The highest BCUT2D eigenvalue weighted by atomic mass is 16.4. The van der Waals surface area contributed by atoms with Crippen LogP contribution in [0.5, 0.6) is 0 Å². The van der Waals surface area contributed by atoms with Crippen molar-refractivity contribution in [3.05, 3.63) is 59.5 Å². The standard InChI is InChI=1S/C26H30N4O4/c1-16(2)15-20(26(33)34)27-24(31)22-23(28-21-13-6-7-14-30(21)22)29(3)25(32)19-12-8-10-17-9-4-5-11-18(17)19/h4-5,8-12,16,20H,6-7,13-15H2,1-3H3,(H,27,31)(H,33,34). The van der Waals surface area contributed by atoms with Gasteiger partial charge in [0.15, 0.2) is 11.5 Å². The maximum absolute atomic E-state index is 13.6. The van der Waals surface area contributed by atoms with E-state index in [0.717, 1.165) is 29.4 Å². The molecule has 4 rings (SSSR count). The number of hydrogen-bond donors (Lipinski definition) is 2. The summed E-state index contributed by atoms with van der Waals surface area (Å²) >= 11 is 0. The summed E-state index contributed by atoms with van der Waals surface area (Å²) < 4.78 is 1.83. The molecule has 1 aromatic heterocycles. The predicted octanol–water partition coefficient (Wildman–Crippen LogP) is 3.88. The van der Waals surface area contributed by atoms with Crippen molar-refractivity contribution in [3.8, 4) is 0 Å². The lowest BCUT2D eigenvalue weighted by Crippen LogP contribution is -2.43. The number of nitrogens with one attached hydrogen (secondary N) is 1. The number of rotatable bonds is 7. The minimum atomic E-state index is -1.08. The van der Waals surface area contributed by atoms with E-state index >= 15 is 0 Å². The molecule has 0 spiro atoms. The number of hydrogen-bond acceptors (Lipinski definition) is 4. The summed E-state index contributed by atoms with van der Waals surface area (Å²) in [5, 5.41) is 14.1. The zero-order chi connectivity index (χ0) is 24.4. The third kappa shape index (κ3) is 4.53. The van der Waals surface area contributed by atoms with Crippen LogP contribution in [0, 0.1) is 5.92 Å². The van der Waals surface area contributed by atoms with Crippen molar-refractivity contribution in [2.75, 3.05) is 11.9 Å². The molecule has 2 N–H and O–H groups in total. The van der Waals surface area contributed by atoms with E-state index in [1.165, 1.54) is 4.90 Å². The van der Waals surface area contributed by atoms with Crippen molar-refractivity contribution in [2.24, 2.45) is 5.92 Å².